The fourth-order valence-electron chi connectivity index (χ4n) is 2.18. The molecule has 1 heterocycles. The van der Waals surface area contributed by atoms with Gasteiger partial charge in [-0.05, 0) is 38.5 Å². The Morgan fingerprint density at radius 2 is 2.10 bits per heavy atom. The van der Waals surface area contributed by atoms with Crippen molar-refractivity contribution in [3.63, 3.8) is 0 Å². The molecule has 112 valence electrons. The zero-order valence-corrected chi connectivity index (χ0v) is 12.8. The number of hydrogen-bond donors (Lipinski definition) is 2. The minimum absolute atomic E-state index is 0.240. The van der Waals surface area contributed by atoms with Gasteiger partial charge in [0.2, 0.25) is 0 Å². The average molecular weight is 309 g/mol. The van der Waals surface area contributed by atoms with Crippen molar-refractivity contribution in [1.82, 2.24) is 10.6 Å². The number of benzene rings is 1. The zero-order valence-electron chi connectivity index (χ0n) is 12.1. The van der Waals surface area contributed by atoms with Crippen molar-refractivity contribution in [2.24, 2.45) is 0 Å². The summed E-state index contributed by atoms with van der Waals surface area (Å²) in [5.74, 6) is -0.458. The lowest BCUT2D eigenvalue weighted by atomic mass is 9.95. The Morgan fingerprint density at radius 3 is 2.71 bits per heavy atom. The molecule has 0 unspecified atom stereocenters. The smallest absolute Gasteiger partial charge is 0.338 e. The summed E-state index contributed by atoms with van der Waals surface area (Å²) in [6.45, 7) is 5.22. The second kappa shape index (κ2) is 6.18. The van der Waals surface area contributed by atoms with Crippen molar-refractivity contribution in [2.45, 2.75) is 32.9 Å². The summed E-state index contributed by atoms with van der Waals surface area (Å²) >= 11 is 5.99. The van der Waals surface area contributed by atoms with Crippen LogP contribution < -0.4 is 10.6 Å². The van der Waals surface area contributed by atoms with E-state index in [0.29, 0.717) is 16.3 Å². The van der Waals surface area contributed by atoms with Crippen LogP contribution in [0, 0.1) is 0 Å². The first-order valence-corrected chi connectivity index (χ1v) is 7.01. The summed E-state index contributed by atoms with van der Waals surface area (Å²) in [7, 11) is 0. The van der Waals surface area contributed by atoms with Crippen LogP contribution in [0.3, 0.4) is 0 Å². The van der Waals surface area contributed by atoms with E-state index in [9.17, 15) is 9.59 Å². The summed E-state index contributed by atoms with van der Waals surface area (Å²) in [4.78, 5) is 24.0. The maximum atomic E-state index is 12.3. The summed E-state index contributed by atoms with van der Waals surface area (Å²) in [5, 5.41) is 5.86. The van der Waals surface area contributed by atoms with Crippen molar-refractivity contribution in [1.29, 1.82) is 0 Å². The van der Waals surface area contributed by atoms with E-state index in [1.165, 1.54) is 0 Å². The van der Waals surface area contributed by atoms with Gasteiger partial charge in [-0.1, -0.05) is 23.7 Å². The van der Waals surface area contributed by atoms with Gasteiger partial charge in [0.25, 0.3) is 0 Å². The Kier molecular flexibility index (Phi) is 4.53. The number of ether oxygens (including phenoxy) is 1. The number of urea groups is 1. The molecule has 2 rings (SSSR count). The fraction of sp³-hybridized carbons (Fsp3) is 0.333. The second-order valence-corrected chi connectivity index (χ2v) is 5.52. The Hall–Kier alpha value is -2.01. The van der Waals surface area contributed by atoms with Crippen LogP contribution in [0.2, 0.25) is 5.02 Å². The van der Waals surface area contributed by atoms with E-state index in [1.807, 2.05) is 0 Å². The van der Waals surface area contributed by atoms with E-state index in [2.05, 4.69) is 10.6 Å². The first-order valence-electron chi connectivity index (χ1n) is 6.63. The molecule has 0 fully saturated rings. The van der Waals surface area contributed by atoms with Crippen LogP contribution in [0.4, 0.5) is 4.79 Å². The van der Waals surface area contributed by atoms with E-state index in [4.69, 9.17) is 16.3 Å². The van der Waals surface area contributed by atoms with Crippen LogP contribution in [-0.4, -0.2) is 18.1 Å². The second-order valence-electron chi connectivity index (χ2n) is 5.08. The van der Waals surface area contributed by atoms with Gasteiger partial charge in [0.15, 0.2) is 0 Å². The van der Waals surface area contributed by atoms with Gasteiger partial charge < -0.3 is 15.4 Å². The highest BCUT2D eigenvalue weighted by molar-refractivity contribution is 6.30. The molecular formula is C15H17ClN2O3. The summed E-state index contributed by atoms with van der Waals surface area (Å²) in [6, 6.07) is 6.08. The van der Waals surface area contributed by atoms with Gasteiger partial charge in [0.1, 0.15) is 0 Å². The van der Waals surface area contributed by atoms with Gasteiger partial charge in [0, 0.05) is 10.7 Å². The Morgan fingerprint density at radius 1 is 1.38 bits per heavy atom. The SMILES string of the molecule is CC1=C(C(=O)OC(C)C)[C@H](c2cccc(Cl)c2)NC(=O)N1. The van der Waals surface area contributed by atoms with Gasteiger partial charge in [-0.15, -0.1) is 0 Å². The standard InChI is InChI=1S/C15H17ClN2O3/c1-8(2)21-14(19)12-9(3)17-15(20)18-13(12)10-5-4-6-11(16)7-10/h4-8,13H,1-3H3,(H2,17,18,20)/t13-/m0/s1. The van der Waals surface area contributed by atoms with Crippen LogP contribution in [0.1, 0.15) is 32.4 Å². The summed E-state index contributed by atoms with van der Waals surface area (Å²) in [5.41, 5.74) is 1.59. The molecule has 0 spiro atoms. The van der Waals surface area contributed by atoms with E-state index >= 15 is 0 Å². The maximum Gasteiger partial charge on any atom is 0.338 e. The average Bonchev–Trinajstić information content (AvgIpc) is 2.36. The molecule has 0 saturated carbocycles. The molecule has 2 amide bonds. The van der Waals surface area contributed by atoms with Gasteiger partial charge in [0.05, 0.1) is 17.7 Å². The van der Waals surface area contributed by atoms with E-state index in [-0.39, 0.29) is 12.1 Å². The monoisotopic (exact) mass is 308 g/mol. The quantitative estimate of drug-likeness (QED) is 0.844. The number of carbonyl (C=O) groups is 2. The molecule has 2 N–H and O–H groups in total. The molecule has 1 aliphatic rings. The number of allylic oxidation sites excluding steroid dienone is 1. The van der Waals surface area contributed by atoms with Crippen molar-refractivity contribution in [2.75, 3.05) is 0 Å². The maximum absolute atomic E-state index is 12.3. The number of carbonyl (C=O) groups excluding carboxylic acids is 2. The minimum Gasteiger partial charge on any atom is -0.459 e. The molecular weight excluding hydrogens is 292 g/mol. The largest absolute Gasteiger partial charge is 0.459 e. The number of nitrogens with one attached hydrogen (secondary N) is 2. The lowest BCUT2D eigenvalue weighted by molar-refractivity contribution is -0.143. The Bertz CT molecular complexity index is 611. The molecule has 1 aromatic carbocycles. The van der Waals surface area contributed by atoms with Gasteiger partial charge in [-0.3, -0.25) is 0 Å². The molecule has 0 bridgehead atoms. The predicted molar refractivity (Wildman–Crippen MR) is 79.8 cm³/mol. The van der Waals surface area contributed by atoms with Crippen LogP contribution in [0.25, 0.3) is 0 Å². The normalized spacial score (nSPS) is 18.3. The third-order valence-corrected chi connectivity index (χ3v) is 3.25. The number of amides is 2. The molecule has 21 heavy (non-hydrogen) atoms. The van der Waals surface area contributed by atoms with Gasteiger partial charge >= 0.3 is 12.0 Å². The molecule has 0 radical (unpaired) electrons. The molecule has 0 aromatic heterocycles. The molecule has 0 saturated heterocycles. The zero-order chi connectivity index (χ0) is 15.6. The first kappa shape index (κ1) is 15.4. The van der Waals surface area contributed by atoms with Crippen molar-refractivity contribution >= 4 is 23.6 Å². The fourth-order valence-corrected chi connectivity index (χ4v) is 2.38. The van der Waals surface area contributed by atoms with Crippen LogP contribution in [0.15, 0.2) is 35.5 Å². The van der Waals surface area contributed by atoms with Crippen LogP contribution in [0.5, 0.6) is 0 Å². The first-order chi connectivity index (χ1) is 9.88. The highest BCUT2D eigenvalue weighted by atomic mass is 35.5. The molecule has 5 nitrogen and oxygen atoms in total. The third-order valence-electron chi connectivity index (χ3n) is 3.01. The van der Waals surface area contributed by atoms with Crippen molar-refractivity contribution in [3.05, 3.63) is 46.1 Å². The minimum atomic E-state index is -0.580. The third kappa shape index (κ3) is 3.55. The molecule has 0 aliphatic carbocycles. The number of esters is 1. The molecule has 1 aromatic rings. The molecule has 1 aliphatic heterocycles. The van der Waals surface area contributed by atoms with Gasteiger partial charge in [-0.25, -0.2) is 9.59 Å². The molecule has 1 atom stereocenters. The predicted octanol–water partition coefficient (Wildman–Crippen LogP) is 2.92. The van der Waals surface area contributed by atoms with Crippen molar-refractivity contribution in [3.8, 4) is 0 Å². The molecule has 6 heteroatoms. The highest BCUT2D eigenvalue weighted by Gasteiger charge is 2.32. The number of rotatable bonds is 3. The topological polar surface area (TPSA) is 67.4 Å². The summed E-state index contributed by atoms with van der Waals surface area (Å²) < 4.78 is 5.26. The lowest BCUT2D eigenvalue weighted by Gasteiger charge is -2.28. The van der Waals surface area contributed by atoms with E-state index in [1.54, 1.807) is 45.0 Å². The van der Waals surface area contributed by atoms with Crippen molar-refractivity contribution < 1.29 is 14.3 Å². The van der Waals surface area contributed by atoms with E-state index in [0.717, 1.165) is 5.56 Å². The Balaban J connectivity index is 2.43. The van der Waals surface area contributed by atoms with E-state index < -0.39 is 12.0 Å². The highest BCUT2D eigenvalue weighted by Crippen LogP contribution is 2.29. The Labute approximate surface area is 128 Å². The number of hydrogen-bond acceptors (Lipinski definition) is 3. The number of halogens is 1. The van der Waals surface area contributed by atoms with Gasteiger partial charge in [-0.2, -0.15) is 0 Å². The summed E-state index contributed by atoms with van der Waals surface area (Å²) in [6.07, 6.45) is -0.240. The lowest BCUT2D eigenvalue weighted by Crippen LogP contribution is -2.45. The van der Waals surface area contributed by atoms with Crippen LogP contribution in [-0.2, 0) is 9.53 Å². The van der Waals surface area contributed by atoms with Crippen LogP contribution >= 0.6 is 11.6 Å².